The first-order chi connectivity index (χ1) is 6.20. The number of hydrogen-bond acceptors (Lipinski definition) is 0. The first kappa shape index (κ1) is 14.0. The van der Waals surface area contributed by atoms with E-state index in [2.05, 4.69) is 13.8 Å². The highest BCUT2D eigenvalue weighted by Gasteiger charge is 2.43. The monoisotopic (exact) mass is 198 g/mol. The second kappa shape index (κ2) is 5.78. The molecule has 0 heteroatoms. The lowest BCUT2D eigenvalue weighted by Crippen LogP contribution is -2.38. The molecule has 14 heavy (non-hydrogen) atoms. The standard InChI is InChI=1S/C11H20.C2H6.CH4/c1-9-3-5-11(6-4-9)7-10(2)8-11;1-2;/h9-10H,3-8H2,1-2H3;1-2H3;1H4. The van der Waals surface area contributed by atoms with Crippen molar-refractivity contribution in [3.63, 3.8) is 0 Å². The van der Waals surface area contributed by atoms with Gasteiger partial charge in [0.05, 0.1) is 0 Å². The zero-order chi connectivity index (χ0) is 9.90. The van der Waals surface area contributed by atoms with Gasteiger partial charge in [-0.05, 0) is 42.9 Å². The Balaban J connectivity index is 0.000000531. The Hall–Kier alpha value is 0. The zero-order valence-electron chi connectivity index (χ0n) is 9.90. The van der Waals surface area contributed by atoms with Gasteiger partial charge in [0.1, 0.15) is 0 Å². The van der Waals surface area contributed by atoms with E-state index in [9.17, 15) is 0 Å². The van der Waals surface area contributed by atoms with Crippen molar-refractivity contribution in [2.75, 3.05) is 0 Å². The fourth-order valence-electron chi connectivity index (χ4n) is 3.20. The normalized spacial score (nSPS) is 40.3. The molecule has 0 saturated heterocycles. The van der Waals surface area contributed by atoms with Gasteiger partial charge in [-0.3, -0.25) is 0 Å². The van der Waals surface area contributed by atoms with Crippen LogP contribution in [0.15, 0.2) is 0 Å². The average molecular weight is 198 g/mol. The molecule has 2 aliphatic rings. The summed E-state index contributed by atoms with van der Waals surface area (Å²) < 4.78 is 0. The molecule has 2 rings (SSSR count). The maximum atomic E-state index is 2.41. The summed E-state index contributed by atoms with van der Waals surface area (Å²) in [5, 5.41) is 0. The van der Waals surface area contributed by atoms with E-state index in [1.165, 1.54) is 12.8 Å². The van der Waals surface area contributed by atoms with Gasteiger partial charge in [0.25, 0.3) is 0 Å². The largest absolute Gasteiger partial charge is 0.0776 e. The highest BCUT2D eigenvalue weighted by Crippen LogP contribution is 2.55. The van der Waals surface area contributed by atoms with E-state index in [4.69, 9.17) is 0 Å². The Bertz CT molecular complexity index is 132. The topological polar surface area (TPSA) is 0 Å². The Morgan fingerprint density at radius 3 is 1.64 bits per heavy atom. The molecule has 0 unspecified atom stereocenters. The second-order valence-corrected chi connectivity index (χ2v) is 5.20. The molecule has 0 nitrogen and oxygen atoms in total. The lowest BCUT2D eigenvalue weighted by atomic mass is 9.55. The smallest absolute Gasteiger partial charge is 0.0292 e. The predicted molar refractivity (Wildman–Crippen MR) is 66.5 cm³/mol. The highest BCUT2D eigenvalue weighted by atomic mass is 14.5. The number of hydrogen-bond donors (Lipinski definition) is 0. The van der Waals surface area contributed by atoms with Gasteiger partial charge in [0.2, 0.25) is 0 Å². The molecule has 0 N–H and O–H groups in total. The molecule has 2 aliphatic carbocycles. The molecule has 0 bridgehead atoms. The first-order valence-corrected chi connectivity index (χ1v) is 6.20. The third-order valence-corrected chi connectivity index (χ3v) is 3.90. The summed E-state index contributed by atoms with van der Waals surface area (Å²) in [5.74, 6) is 2.07. The molecule has 0 aromatic heterocycles. The van der Waals surface area contributed by atoms with Gasteiger partial charge in [-0.25, -0.2) is 0 Å². The van der Waals surface area contributed by atoms with Crippen LogP contribution in [0.5, 0.6) is 0 Å². The van der Waals surface area contributed by atoms with Crippen molar-refractivity contribution in [2.45, 2.75) is 73.6 Å². The van der Waals surface area contributed by atoms with Gasteiger partial charge < -0.3 is 0 Å². The van der Waals surface area contributed by atoms with Gasteiger partial charge >= 0.3 is 0 Å². The summed E-state index contributed by atoms with van der Waals surface area (Å²) in [7, 11) is 0. The minimum absolute atomic E-state index is 0. The van der Waals surface area contributed by atoms with Crippen molar-refractivity contribution < 1.29 is 0 Å². The van der Waals surface area contributed by atoms with Crippen molar-refractivity contribution in [2.24, 2.45) is 17.3 Å². The van der Waals surface area contributed by atoms with Crippen molar-refractivity contribution in [3.05, 3.63) is 0 Å². The molecular formula is C14H30. The molecule has 0 radical (unpaired) electrons. The van der Waals surface area contributed by atoms with Crippen LogP contribution in [0.25, 0.3) is 0 Å². The van der Waals surface area contributed by atoms with E-state index >= 15 is 0 Å². The van der Waals surface area contributed by atoms with E-state index < -0.39 is 0 Å². The summed E-state index contributed by atoms with van der Waals surface area (Å²) >= 11 is 0. The lowest BCUT2D eigenvalue weighted by Gasteiger charge is -2.50. The molecule has 0 amide bonds. The van der Waals surface area contributed by atoms with Gasteiger partial charge in [0.15, 0.2) is 0 Å². The predicted octanol–water partition coefficient (Wildman–Crippen LogP) is 5.28. The summed E-state index contributed by atoms with van der Waals surface area (Å²) in [6.07, 6.45) is 9.18. The maximum Gasteiger partial charge on any atom is -0.0292 e. The summed E-state index contributed by atoms with van der Waals surface area (Å²) in [4.78, 5) is 0. The lowest BCUT2D eigenvalue weighted by molar-refractivity contribution is 0.0112. The Kier molecular flexibility index (Phi) is 5.78. The van der Waals surface area contributed by atoms with Gasteiger partial charge in [-0.1, -0.05) is 48.0 Å². The van der Waals surface area contributed by atoms with Gasteiger partial charge in [-0.2, -0.15) is 0 Å². The Morgan fingerprint density at radius 1 is 0.857 bits per heavy atom. The van der Waals surface area contributed by atoms with Crippen LogP contribution in [0.1, 0.15) is 73.6 Å². The first-order valence-electron chi connectivity index (χ1n) is 6.20. The molecule has 0 atom stereocenters. The minimum Gasteiger partial charge on any atom is -0.0776 e. The van der Waals surface area contributed by atoms with Crippen LogP contribution in [-0.2, 0) is 0 Å². The van der Waals surface area contributed by atoms with Crippen molar-refractivity contribution in [3.8, 4) is 0 Å². The van der Waals surface area contributed by atoms with Crippen molar-refractivity contribution in [1.82, 2.24) is 0 Å². The quantitative estimate of drug-likeness (QED) is 0.497. The van der Waals surface area contributed by atoms with Crippen LogP contribution in [0.2, 0.25) is 0 Å². The third-order valence-electron chi connectivity index (χ3n) is 3.90. The van der Waals surface area contributed by atoms with E-state index in [0.29, 0.717) is 0 Å². The van der Waals surface area contributed by atoms with E-state index in [-0.39, 0.29) is 7.43 Å². The summed E-state index contributed by atoms with van der Waals surface area (Å²) in [6.45, 7) is 8.82. The number of rotatable bonds is 0. The molecule has 1 spiro atoms. The van der Waals surface area contributed by atoms with Crippen LogP contribution in [0.4, 0.5) is 0 Å². The van der Waals surface area contributed by atoms with Crippen molar-refractivity contribution >= 4 is 0 Å². The van der Waals surface area contributed by atoms with Crippen molar-refractivity contribution in [1.29, 1.82) is 0 Å². The molecule has 0 aliphatic heterocycles. The molecule has 0 aromatic rings. The maximum absolute atomic E-state index is 2.41. The van der Waals surface area contributed by atoms with E-state index in [1.54, 1.807) is 25.7 Å². The molecule has 86 valence electrons. The third kappa shape index (κ3) is 3.00. The molecule has 0 aromatic carbocycles. The fraction of sp³-hybridized carbons (Fsp3) is 1.00. The molecular weight excluding hydrogens is 168 g/mol. The average Bonchev–Trinajstić information content (AvgIpc) is 2.11. The second-order valence-electron chi connectivity index (χ2n) is 5.20. The summed E-state index contributed by atoms with van der Waals surface area (Å²) in [6, 6.07) is 0. The van der Waals surface area contributed by atoms with Crippen LogP contribution in [0.3, 0.4) is 0 Å². The van der Waals surface area contributed by atoms with Crippen LogP contribution in [-0.4, -0.2) is 0 Å². The highest BCUT2D eigenvalue weighted by molar-refractivity contribution is 4.94. The van der Waals surface area contributed by atoms with E-state index in [1.807, 2.05) is 13.8 Å². The zero-order valence-corrected chi connectivity index (χ0v) is 9.90. The molecule has 2 fully saturated rings. The van der Waals surface area contributed by atoms with E-state index in [0.717, 1.165) is 17.3 Å². The van der Waals surface area contributed by atoms with Gasteiger partial charge in [-0.15, -0.1) is 0 Å². The minimum atomic E-state index is 0. The summed E-state index contributed by atoms with van der Waals surface area (Å²) in [5.41, 5.74) is 0.853. The fourth-order valence-corrected chi connectivity index (χ4v) is 3.20. The molecule has 0 heterocycles. The Labute approximate surface area is 91.5 Å². The van der Waals surface area contributed by atoms with Gasteiger partial charge in [0, 0.05) is 0 Å². The SMILES string of the molecule is C.CC.CC1CCC2(CC1)CC(C)C2. The Morgan fingerprint density at radius 2 is 1.29 bits per heavy atom. The molecule has 2 saturated carbocycles. The van der Waals surface area contributed by atoms with Crippen LogP contribution < -0.4 is 0 Å². The van der Waals surface area contributed by atoms with Crippen LogP contribution >= 0.6 is 0 Å². The van der Waals surface area contributed by atoms with Crippen LogP contribution in [0, 0.1) is 17.3 Å².